The molecule has 0 aliphatic heterocycles. The van der Waals surface area contributed by atoms with E-state index < -0.39 is 33.6 Å². The van der Waals surface area contributed by atoms with Gasteiger partial charge in [-0.1, -0.05) is 48.4 Å². The molecule has 0 spiro atoms. The molecule has 2 aromatic rings. The largest absolute Gasteiger partial charge is 0.508 e. The van der Waals surface area contributed by atoms with Crippen molar-refractivity contribution in [2.45, 2.75) is 18.9 Å². The number of carbonyl (C=O) groups is 2. The lowest BCUT2D eigenvalue weighted by Crippen LogP contribution is -2.50. The van der Waals surface area contributed by atoms with Gasteiger partial charge in [0.05, 0.1) is 6.54 Å². The molecule has 2 aromatic carbocycles. The minimum absolute atomic E-state index is 0.0609. The summed E-state index contributed by atoms with van der Waals surface area (Å²) in [6.07, 6.45) is 0.600. The number of carbonyl (C=O) groups excluding carboxylic acids is 2. The average Bonchev–Trinajstić information content (AvgIpc) is 2.75. The van der Waals surface area contributed by atoms with Crippen LogP contribution in [-0.2, 0) is 32.5 Å². The molecule has 0 fully saturated rings. The Kier molecular flexibility index (Phi) is 10.2. The van der Waals surface area contributed by atoms with Gasteiger partial charge in [-0.25, -0.2) is 13.1 Å². The first-order chi connectivity index (χ1) is 15.3. The quantitative estimate of drug-likeness (QED) is 0.329. The second-order valence-corrected chi connectivity index (χ2v) is 9.07. The van der Waals surface area contributed by atoms with E-state index in [4.69, 9.17) is 0 Å². The standard InChI is InChI=1S/C22H24BrN3O5S/c23-12-4-13-24-22(29)20(15-18-7-9-19(27)10-8-18)26-21(28)16-32(30,31)25-14-11-17-5-2-1-3-6-17/h1-3,5-10,20,25,27H,11,13-16H2,(H,24,29)(H,26,28). The second-order valence-electron chi connectivity index (χ2n) is 6.87. The minimum Gasteiger partial charge on any atom is -0.508 e. The molecule has 170 valence electrons. The van der Waals surface area contributed by atoms with E-state index in [1.165, 1.54) is 12.1 Å². The fourth-order valence-corrected chi connectivity index (χ4v) is 3.90. The van der Waals surface area contributed by atoms with Gasteiger partial charge in [-0.2, -0.15) is 0 Å². The van der Waals surface area contributed by atoms with Gasteiger partial charge in [-0.15, -0.1) is 0 Å². The molecule has 0 saturated carbocycles. The van der Waals surface area contributed by atoms with Crippen LogP contribution in [0.5, 0.6) is 5.75 Å². The lowest BCUT2D eigenvalue weighted by atomic mass is 10.0. The Hall–Kier alpha value is -2.87. The number of benzene rings is 2. The molecule has 2 rings (SSSR count). The van der Waals surface area contributed by atoms with Crippen molar-refractivity contribution >= 4 is 37.8 Å². The number of sulfonamides is 1. The number of phenols is 1. The molecule has 8 nitrogen and oxygen atoms in total. The van der Waals surface area contributed by atoms with E-state index in [2.05, 4.69) is 42.0 Å². The molecule has 0 aromatic heterocycles. The minimum atomic E-state index is -3.88. The third-order valence-corrected chi connectivity index (χ3v) is 5.91. The maximum Gasteiger partial charge on any atom is 0.243 e. The van der Waals surface area contributed by atoms with E-state index >= 15 is 0 Å². The first kappa shape index (κ1) is 25.4. The highest BCUT2D eigenvalue weighted by Crippen LogP contribution is 2.11. The SMILES string of the molecule is O=C(CS(=O)(=O)NCCc1ccccc1)NC(Cc1ccc(O)cc1)C(=O)NCC#CBr. The Balaban J connectivity index is 1.96. The van der Waals surface area contributed by atoms with Gasteiger partial charge in [0.1, 0.15) is 17.5 Å². The smallest absolute Gasteiger partial charge is 0.243 e. The molecule has 4 N–H and O–H groups in total. The van der Waals surface area contributed by atoms with Crippen LogP contribution >= 0.6 is 15.9 Å². The zero-order valence-electron chi connectivity index (χ0n) is 17.2. The number of hydrogen-bond donors (Lipinski definition) is 4. The van der Waals surface area contributed by atoms with E-state index in [1.807, 2.05) is 30.3 Å². The molecule has 0 radical (unpaired) electrons. The van der Waals surface area contributed by atoms with Gasteiger partial charge in [0.15, 0.2) is 0 Å². The van der Waals surface area contributed by atoms with E-state index in [-0.39, 0.29) is 25.3 Å². The first-order valence-electron chi connectivity index (χ1n) is 9.74. The summed E-state index contributed by atoms with van der Waals surface area (Å²) in [5.41, 5.74) is 1.65. The van der Waals surface area contributed by atoms with Gasteiger partial charge in [0.25, 0.3) is 0 Å². The van der Waals surface area contributed by atoms with Crippen molar-refractivity contribution in [2.24, 2.45) is 0 Å². The van der Waals surface area contributed by atoms with Crippen LogP contribution < -0.4 is 15.4 Å². The van der Waals surface area contributed by atoms with Crippen molar-refractivity contribution in [3.8, 4) is 16.5 Å². The van der Waals surface area contributed by atoms with E-state index in [1.54, 1.807) is 12.1 Å². The molecule has 1 unspecified atom stereocenters. The maximum absolute atomic E-state index is 12.5. The average molecular weight is 522 g/mol. The highest BCUT2D eigenvalue weighted by Gasteiger charge is 2.24. The summed E-state index contributed by atoms with van der Waals surface area (Å²) >= 11 is 2.93. The van der Waals surface area contributed by atoms with Crippen LogP contribution in [0.25, 0.3) is 0 Å². The summed E-state index contributed by atoms with van der Waals surface area (Å²) in [5.74, 6) is 0.575. The van der Waals surface area contributed by atoms with Gasteiger partial charge in [0, 0.05) is 28.9 Å². The summed E-state index contributed by atoms with van der Waals surface area (Å²) < 4.78 is 26.9. The van der Waals surface area contributed by atoms with Crippen LogP contribution in [0, 0.1) is 10.8 Å². The fraction of sp³-hybridized carbons (Fsp3) is 0.273. The van der Waals surface area contributed by atoms with Crippen molar-refractivity contribution in [1.82, 2.24) is 15.4 Å². The first-order valence-corrected chi connectivity index (χ1v) is 12.2. The van der Waals surface area contributed by atoms with E-state index in [9.17, 15) is 23.1 Å². The normalized spacial score (nSPS) is 11.7. The highest BCUT2D eigenvalue weighted by atomic mass is 79.9. The van der Waals surface area contributed by atoms with Crippen LogP contribution in [-0.4, -0.2) is 50.2 Å². The summed E-state index contributed by atoms with van der Waals surface area (Å²) in [4.78, 5) is 27.4. The van der Waals surface area contributed by atoms with Crippen LogP contribution in [0.15, 0.2) is 54.6 Å². The summed E-state index contributed by atoms with van der Waals surface area (Å²) in [6.45, 7) is 0.216. The lowest BCUT2D eigenvalue weighted by Gasteiger charge is -2.18. The molecule has 0 aliphatic rings. The molecule has 0 saturated heterocycles. The number of hydrogen-bond acceptors (Lipinski definition) is 5. The molecular formula is C22H24BrN3O5S. The maximum atomic E-state index is 12.5. The van der Waals surface area contributed by atoms with Crippen molar-refractivity contribution < 1.29 is 23.1 Å². The Bertz CT molecular complexity index is 1060. The van der Waals surface area contributed by atoms with Crippen molar-refractivity contribution in [3.05, 3.63) is 65.7 Å². The summed E-state index contributed by atoms with van der Waals surface area (Å²) in [6, 6.07) is 14.5. The molecule has 32 heavy (non-hydrogen) atoms. The number of phenolic OH excluding ortho intramolecular Hbond substituents is 1. The van der Waals surface area contributed by atoms with Crippen molar-refractivity contribution in [2.75, 3.05) is 18.8 Å². The molecule has 2 amide bonds. The summed E-state index contributed by atoms with van der Waals surface area (Å²) in [7, 11) is -3.88. The van der Waals surface area contributed by atoms with Crippen molar-refractivity contribution in [3.63, 3.8) is 0 Å². The Morgan fingerprint density at radius 1 is 1.03 bits per heavy atom. The topological polar surface area (TPSA) is 125 Å². The van der Waals surface area contributed by atoms with E-state index in [0.29, 0.717) is 12.0 Å². The van der Waals surface area contributed by atoms with Crippen LogP contribution in [0.1, 0.15) is 11.1 Å². The van der Waals surface area contributed by atoms with Gasteiger partial charge < -0.3 is 15.7 Å². The zero-order valence-corrected chi connectivity index (χ0v) is 19.6. The Morgan fingerprint density at radius 2 is 1.72 bits per heavy atom. The molecular weight excluding hydrogens is 498 g/mol. The molecule has 0 bridgehead atoms. The Labute approximate surface area is 196 Å². The lowest BCUT2D eigenvalue weighted by molar-refractivity contribution is -0.127. The van der Waals surface area contributed by atoms with Gasteiger partial charge in [-0.3, -0.25) is 9.59 Å². The molecule has 0 aliphatic carbocycles. The predicted octanol–water partition coefficient (Wildman–Crippen LogP) is 1.05. The summed E-state index contributed by atoms with van der Waals surface area (Å²) in [5, 5.41) is 14.5. The molecule has 0 heterocycles. The highest BCUT2D eigenvalue weighted by molar-refractivity contribution is 9.12. The van der Waals surface area contributed by atoms with Crippen LogP contribution in [0.2, 0.25) is 0 Å². The van der Waals surface area contributed by atoms with Gasteiger partial charge in [0.2, 0.25) is 21.8 Å². The Morgan fingerprint density at radius 3 is 2.38 bits per heavy atom. The number of rotatable bonds is 11. The number of nitrogens with one attached hydrogen (secondary N) is 3. The van der Waals surface area contributed by atoms with Gasteiger partial charge >= 0.3 is 0 Å². The number of amides is 2. The second kappa shape index (κ2) is 12.9. The van der Waals surface area contributed by atoms with Crippen LogP contribution in [0.3, 0.4) is 0 Å². The third kappa shape index (κ3) is 9.51. The zero-order chi connectivity index (χ0) is 23.4. The monoisotopic (exact) mass is 521 g/mol. The number of halogens is 1. The van der Waals surface area contributed by atoms with Crippen LogP contribution in [0.4, 0.5) is 0 Å². The number of aromatic hydroxyl groups is 1. The predicted molar refractivity (Wildman–Crippen MR) is 125 cm³/mol. The van der Waals surface area contributed by atoms with E-state index in [0.717, 1.165) is 5.56 Å². The molecule has 1 atom stereocenters. The third-order valence-electron chi connectivity index (χ3n) is 4.35. The van der Waals surface area contributed by atoms with Gasteiger partial charge in [-0.05, 0) is 34.5 Å². The van der Waals surface area contributed by atoms with Crippen molar-refractivity contribution in [1.29, 1.82) is 0 Å². The fourth-order valence-electron chi connectivity index (χ4n) is 2.82. The molecule has 10 heteroatoms.